The van der Waals surface area contributed by atoms with Crippen LogP contribution in [0.5, 0.6) is 11.5 Å². The molecule has 0 fully saturated rings. The lowest BCUT2D eigenvalue weighted by atomic mass is 9.93. The summed E-state index contributed by atoms with van der Waals surface area (Å²) in [4.78, 5) is 35.0. The summed E-state index contributed by atoms with van der Waals surface area (Å²) in [5, 5.41) is 3.41. The number of rotatable bonds is 5. The van der Waals surface area contributed by atoms with Crippen molar-refractivity contribution >= 4 is 40.7 Å². The number of urea groups is 1. The molecule has 2 unspecified atom stereocenters. The van der Waals surface area contributed by atoms with Crippen molar-refractivity contribution in [2.24, 2.45) is 4.99 Å². The van der Waals surface area contributed by atoms with Gasteiger partial charge in [-0.15, -0.1) is 0 Å². The molecule has 6 rings (SSSR count). The minimum absolute atomic E-state index is 0.175. The van der Waals surface area contributed by atoms with Gasteiger partial charge in [0, 0.05) is 11.1 Å². The highest BCUT2D eigenvalue weighted by Gasteiger charge is 2.51. The Balaban J connectivity index is 1.63. The van der Waals surface area contributed by atoms with Gasteiger partial charge >= 0.3 is 6.03 Å². The quantitative estimate of drug-likeness (QED) is 0.454. The molecule has 0 spiro atoms. The van der Waals surface area contributed by atoms with Crippen LogP contribution in [-0.2, 0) is 4.79 Å². The fourth-order valence-electron chi connectivity index (χ4n) is 5.27. The van der Waals surface area contributed by atoms with E-state index in [1.54, 1.807) is 35.2 Å². The van der Waals surface area contributed by atoms with Crippen LogP contribution in [0.4, 0.5) is 20.6 Å². The number of aliphatic imine (C=N–C) groups is 1. The largest absolute Gasteiger partial charge is 0.494 e. The Morgan fingerprint density at radius 1 is 1.05 bits per heavy atom. The molecule has 0 saturated carbocycles. The molecule has 3 aliphatic rings. The first-order valence-electron chi connectivity index (χ1n) is 12.2. The maximum Gasteiger partial charge on any atom is 0.331 e. The molecule has 3 amide bonds. The van der Waals surface area contributed by atoms with E-state index in [1.807, 2.05) is 26.0 Å². The Morgan fingerprint density at radius 3 is 2.39 bits per heavy atom. The van der Waals surface area contributed by atoms with Crippen molar-refractivity contribution < 1.29 is 23.5 Å². The van der Waals surface area contributed by atoms with Crippen LogP contribution in [0.25, 0.3) is 0 Å². The highest BCUT2D eigenvalue weighted by atomic mass is 35.5. The van der Waals surface area contributed by atoms with Crippen LogP contribution in [0.1, 0.15) is 42.6 Å². The van der Waals surface area contributed by atoms with Gasteiger partial charge in [0.15, 0.2) is 0 Å². The van der Waals surface area contributed by atoms with E-state index < -0.39 is 18.1 Å². The minimum Gasteiger partial charge on any atom is -0.494 e. The van der Waals surface area contributed by atoms with Crippen LogP contribution < -0.4 is 19.7 Å². The maximum atomic E-state index is 14.2. The highest BCUT2D eigenvalue weighted by Crippen LogP contribution is 2.54. The minimum atomic E-state index is -0.573. The topological polar surface area (TPSA) is 83.5 Å². The lowest BCUT2D eigenvalue weighted by Crippen LogP contribution is -2.55. The van der Waals surface area contributed by atoms with Crippen molar-refractivity contribution in [3.63, 3.8) is 0 Å². The first-order valence-corrected chi connectivity index (χ1v) is 12.6. The number of anilines is 2. The molecule has 1 N–H and O–H groups in total. The van der Waals surface area contributed by atoms with Gasteiger partial charge in [0.2, 0.25) is 5.91 Å². The van der Waals surface area contributed by atoms with Crippen LogP contribution >= 0.6 is 11.6 Å². The molecule has 3 aromatic carbocycles. The molecule has 3 aliphatic heterocycles. The lowest BCUT2D eigenvalue weighted by Gasteiger charge is -2.42. The van der Waals surface area contributed by atoms with Gasteiger partial charge in [-0.25, -0.2) is 9.18 Å². The summed E-state index contributed by atoms with van der Waals surface area (Å²) in [6.45, 7) is 3.63. The number of nitrogens with zero attached hydrogens (tertiary/aromatic N) is 3. The van der Waals surface area contributed by atoms with Crippen molar-refractivity contribution in [2.75, 3.05) is 23.9 Å². The smallest absolute Gasteiger partial charge is 0.331 e. The average Bonchev–Trinajstić information content (AvgIpc) is 3.28. The Morgan fingerprint density at radius 2 is 1.74 bits per heavy atom. The van der Waals surface area contributed by atoms with Crippen LogP contribution in [0.3, 0.4) is 0 Å². The molecule has 0 aromatic heterocycles. The zero-order valence-electron chi connectivity index (χ0n) is 20.9. The number of amidine groups is 1. The third kappa shape index (κ3) is 3.77. The van der Waals surface area contributed by atoms with Crippen LogP contribution in [0, 0.1) is 5.82 Å². The summed E-state index contributed by atoms with van der Waals surface area (Å²) < 4.78 is 25.6. The van der Waals surface area contributed by atoms with Gasteiger partial charge < -0.3 is 14.8 Å². The molecule has 3 aromatic rings. The van der Waals surface area contributed by atoms with Gasteiger partial charge in [-0.05, 0) is 49.2 Å². The Bertz CT molecular complexity index is 1490. The molecule has 194 valence electrons. The van der Waals surface area contributed by atoms with Gasteiger partial charge in [0.1, 0.15) is 41.4 Å². The van der Waals surface area contributed by atoms with Crippen molar-refractivity contribution in [2.45, 2.75) is 32.0 Å². The summed E-state index contributed by atoms with van der Waals surface area (Å²) in [5.41, 5.74) is 2.98. The molecule has 8 nitrogen and oxygen atoms in total. The molecule has 0 saturated heterocycles. The zero-order chi connectivity index (χ0) is 26.7. The van der Waals surface area contributed by atoms with Gasteiger partial charge in [-0.2, -0.15) is 0 Å². The van der Waals surface area contributed by atoms with Crippen LogP contribution in [0.15, 0.2) is 59.6 Å². The third-order valence-electron chi connectivity index (χ3n) is 6.80. The first kappa shape index (κ1) is 24.2. The maximum absolute atomic E-state index is 14.2. The number of halogens is 2. The predicted octanol–water partition coefficient (Wildman–Crippen LogP) is 5.71. The number of amides is 3. The van der Waals surface area contributed by atoms with E-state index in [4.69, 9.17) is 26.1 Å². The zero-order valence-corrected chi connectivity index (χ0v) is 21.6. The Hall–Kier alpha value is -4.11. The molecule has 3 heterocycles. The number of benzene rings is 3. The molecule has 0 radical (unpaired) electrons. The molecule has 38 heavy (non-hydrogen) atoms. The Labute approximate surface area is 223 Å². The second kappa shape index (κ2) is 9.02. The second-order valence-electron chi connectivity index (χ2n) is 9.57. The SMILES string of the molecule is COc1cc(OC(C)C)c2c3c1NC(=O)CN3C(=O)N1C2=NC(c2ccc(F)cc2)C1c1ccc(Cl)cc1. The summed E-state index contributed by atoms with van der Waals surface area (Å²) in [6, 6.07) is 13.5. The van der Waals surface area contributed by atoms with Crippen molar-refractivity contribution in [3.8, 4) is 11.5 Å². The average molecular weight is 535 g/mol. The Kier molecular flexibility index (Phi) is 5.75. The first-order chi connectivity index (χ1) is 18.3. The van der Waals surface area contributed by atoms with E-state index in [0.29, 0.717) is 39.3 Å². The molecule has 0 bridgehead atoms. The summed E-state index contributed by atoms with van der Waals surface area (Å²) in [5.74, 6) is 0.549. The number of methoxy groups -OCH3 is 1. The number of nitrogens with one attached hydrogen (secondary N) is 1. The standard InChI is InChI=1S/C28H24ClFN4O4/c1-14(2)38-19-12-20(37-3)24-26-22(19)27-32-23(15-6-10-18(30)11-7-15)25(16-4-8-17(29)9-5-16)34(27)28(36)33(26)13-21(35)31-24/h4-12,14,23,25H,13H2,1-3H3,(H,31,35). The number of carbonyl (C=O) groups is 2. The predicted molar refractivity (Wildman–Crippen MR) is 142 cm³/mol. The number of fused-ring (bicyclic) bond motifs is 2. The number of hydrogen-bond donors (Lipinski definition) is 1. The normalized spacial score (nSPS) is 19.7. The van der Waals surface area contributed by atoms with Crippen LogP contribution in [0.2, 0.25) is 5.02 Å². The second-order valence-corrected chi connectivity index (χ2v) is 10.0. The summed E-state index contributed by atoms with van der Waals surface area (Å²) in [6.07, 6.45) is -0.186. The van der Waals surface area contributed by atoms with E-state index >= 15 is 0 Å². The monoisotopic (exact) mass is 534 g/mol. The molecular weight excluding hydrogens is 511 g/mol. The summed E-state index contributed by atoms with van der Waals surface area (Å²) >= 11 is 6.17. The number of ether oxygens (including phenoxy) is 2. The lowest BCUT2D eigenvalue weighted by molar-refractivity contribution is -0.115. The number of hydrogen-bond acceptors (Lipinski definition) is 5. The van der Waals surface area contributed by atoms with Gasteiger partial charge in [-0.1, -0.05) is 35.9 Å². The molecular formula is C28H24ClFN4O4. The number of carbonyl (C=O) groups excluding carboxylic acids is 2. The van der Waals surface area contributed by atoms with Crippen LogP contribution in [-0.4, -0.2) is 42.4 Å². The van der Waals surface area contributed by atoms with Crippen molar-refractivity contribution in [1.82, 2.24) is 4.90 Å². The van der Waals surface area contributed by atoms with E-state index in [1.165, 1.54) is 24.1 Å². The van der Waals surface area contributed by atoms with E-state index in [-0.39, 0.29) is 24.4 Å². The molecule has 10 heteroatoms. The van der Waals surface area contributed by atoms with Gasteiger partial charge in [0.25, 0.3) is 0 Å². The fraction of sp³-hybridized carbons (Fsp3) is 0.250. The van der Waals surface area contributed by atoms with E-state index in [0.717, 1.165) is 11.1 Å². The van der Waals surface area contributed by atoms with Gasteiger partial charge in [0.05, 0.1) is 30.5 Å². The molecule has 0 aliphatic carbocycles. The van der Waals surface area contributed by atoms with Crippen molar-refractivity contribution in [3.05, 3.63) is 82.1 Å². The summed E-state index contributed by atoms with van der Waals surface area (Å²) in [7, 11) is 1.49. The van der Waals surface area contributed by atoms with Crippen molar-refractivity contribution in [1.29, 1.82) is 0 Å². The highest BCUT2D eigenvalue weighted by molar-refractivity contribution is 6.30. The molecule has 2 atom stereocenters. The van der Waals surface area contributed by atoms with E-state index in [2.05, 4.69) is 5.32 Å². The fourth-order valence-corrected chi connectivity index (χ4v) is 5.40. The van der Waals surface area contributed by atoms with Gasteiger partial charge in [-0.3, -0.25) is 19.6 Å². The third-order valence-corrected chi connectivity index (χ3v) is 7.05. The van der Waals surface area contributed by atoms with E-state index in [9.17, 15) is 14.0 Å².